The van der Waals surface area contributed by atoms with E-state index in [1.54, 1.807) is 37.4 Å². The van der Waals surface area contributed by atoms with Crippen molar-refractivity contribution in [3.05, 3.63) is 60.2 Å². The van der Waals surface area contributed by atoms with Crippen molar-refractivity contribution >= 4 is 21.6 Å². The van der Waals surface area contributed by atoms with Crippen LogP contribution in [0.3, 0.4) is 0 Å². The van der Waals surface area contributed by atoms with Gasteiger partial charge in [0.05, 0.1) is 27.1 Å². The molecule has 0 aromatic heterocycles. The minimum Gasteiger partial charge on any atom is -0.493 e. The molecule has 0 saturated carbocycles. The molecule has 0 bridgehead atoms. The van der Waals surface area contributed by atoms with E-state index in [1.807, 2.05) is 6.07 Å². The zero-order valence-corrected chi connectivity index (χ0v) is 18.8. The summed E-state index contributed by atoms with van der Waals surface area (Å²) in [4.78, 5) is 12.4. The van der Waals surface area contributed by atoms with Crippen LogP contribution in [0, 0.1) is 0 Å². The van der Waals surface area contributed by atoms with Gasteiger partial charge in [-0.15, -0.1) is 6.58 Å². The smallest absolute Gasteiger partial charge is 0.224 e. The van der Waals surface area contributed by atoms with Crippen LogP contribution in [0.2, 0.25) is 0 Å². The summed E-state index contributed by atoms with van der Waals surface area (Å²) in [6.45, 7) is 3.67. The lowest BCUT2D eigenvalue weighted by atomic mass is 10.1. The molecule has 0 saturated heterocycles. The predicted octanol–water partition coefficient (Wildman–Crippen LogP) is 2.89. The van der Waals surface area contributed by atoms with Gasteiger partial charge in [-0.05, 0) is 35.7 Å². The molecule has 0 fully saturated rings. The minimum atomic E-state index is -3.43. The molecule has 9 heteroatoms. The number of hydrogen-bond acceptors (Lipinski definition) is 6. The van der Waals surface area contributed by atoms with Crippen LogP contribution in [-0.2, 0) is 27.0 Å². The maximum atomic E-state index is 12.4. The first-order valence-electron chi connectivity index (χ1n) is 9.58. The lowest BCUT2D eigenvalue weighted by molar-refractivity contribution is -0.116. The fraction of sp³-hybridized carbons (Fsp3) is 0.318. The normalized spacial score (nSPS) is 10.9. The number of anilines is 1. The summed E-state index contributed by atoms with van der Waals surface area (Å²) in [6, 6.07) is 10.3. The van der Waals surface area contributed by atoms with Crippen molar-refractivity contribution in [1.29, 1.82) is 0 Å². The fourth-order valence-electron chi connectivity index (χ4n) is 2.97. The van der Waals surface area contributed by atoms with Crippen LogP contribution in [0.5, 0.6) is 17.2 Å². The average molecular weight is 449 g/mol. The SMILES string of the molecule is C=CCNS(=O)(=O)Cc1ccc(NC(=O)CCc2ccc(OC)c(OC)c2OC)cc1. The topological polar surface area (TPSA) is 103 Å². The molecule has 0 unspecified atom stereocenters. The Balaban J connectivity index is 1.97. The summed E-state index contributed by atoms with van der Waals surface area (Å²) in [7, 11) is 1.18. The van der Waals surface area contributed by atoms with Gasteiger partial charge < -0.3 is 19.5 Å². The number of methoxy groups -OCH3 is 3. The Kier molecular flexibility index (Phi) is 8.89. The molecule has 0 heterocycles. The third-order valence-corrected chi connectivity index (χ3v) is 5.77. The number of nitrogens with one attached hydrogen (secondary N) is 2. The number of rotatable bonds is 12. The number of amides is 1. The molecule has 0 atom stereocenters. The van der Waals surface area contributed by atoms with Gasteiger partial charge in [0.15, 0.2) is 11.5 Å². The first-order chi connectivity index (χ1) is 14.8. The summed E-state index contributed by atoms with van der Waals surface area (Å²) in [5, 5.41) is 2.81. The highest BCUT2D eigenvalue weighted by Crippen LogP contribution is 2.40. The number of carbonyl (C=O) groups excluding carboxylic acids is 1. The van der Waals surface area contributed by atoms with Crippen molar-refractivity contribution in [1.82, 2.24) is 4.72 Å². The lowest BCUT2D eigenvalue weighted by Crippen LogP contribution is -2.25. The molecule has 0 spiro atoms. The third kappa shape index (κ3) is 7.01. The van der Waals surface area contributed by atoms with Crippen molar-refractivity contribution in [2.75, 3.05) is 33.2 Å². The van der Waals surface area contributed by atoms with Gasteiger partial charge in [-0.2, -0.15) is 0 Å². The van der Waals surface area contributed by atoms with Crippen molar-refractivity contribution < 1.29 is 27.4 Å². The van der Waals surface area contributed by atoms with E-state index in [2.05, 4.69) is 16.6 Å². The monoisotopic (exact) mass is 448 g/mol. The molecule has 2 rings (SSSR count). The van der Waals surface area contributed by atoms with Crippen LogP contribution in [0.15, 0.2) is 49.1 Å². The van der Waals surface area contributed by atoms with E-state index in [4.69, 9.17) is 14.2 Å². The van der Waals surface area contributed by atoms with Gasteiger partial charge in [-0.1, -0.05) is 24.3 Å². The molecule has 168 valence electrons. The first-order valence-corrected chi connectivity index (χ1v) is 11.2. The molecular formula is C22H28N2O6S. The van der Waals surface area contributed by atoms with E-state index in [9.17, 15) is 13.2 Å². The summed E-state index contributed by atoms with van der Waals surface area (Å²) < 4.78 is 42.3. The summed E-state index contributed by atoms with van der Waals surface area (Å²) in [5.74, 6) is 1.24. The maximum absolute atomic E-state index is 12.4. The highest BCUT2D eigenvalue weighted by Gasteiger charge is 2.16. The number of ether oxygens (including phenoxy) is 3. The quantitative estimate of drug-likeness (QED) is 0.484. The van der Waals surface area contributed by atoms with Gasteiger partial charge in [0, 0.05) is 18.7 Å². The second-order valence-corrected chi connectivity index (χ2v) is 8.44. The lowest BCUT2D eigenvalue weighted by Gasteiger charge is -2.15. The zero-order valence-electron chi connectivity index (χ0n) is 17.9. The van der Waals surface area contributed by atoms with Crippen LogP contribution >= 0.6 is 0 Å². The van der Waals surface area contributed by atoms with Crippen molar-refractivity contribution in [3.63, 3.8) is 0 Å². The van der Waals surface area contributed by atoms with E-state index < -0.39 is 10.0 Å². The van der Waals surface area contributed by atoms with Crippen LogP contribution in [0.25, 0.3) is 0 Å². The molecule has 31 heavy (non-hydrogen) atoms. The van der Waals surface area contributed by atoms with Gasteiger partial charge >= 0.3 is 0 Å². The minimum absolute atomic E-state index is 0.145. The molecule has 1 amide bonds. The van der Waals surface area contributed by atoms with Gasteiger partial charge in [0.2, 0.25) is 21.7 Å². The second kappa shape index (κ2) is 11.4. The molecule has 0 radical (unpaired) electrons. The number of sulfonamides is 1. The molecule has 0 aliphatic heterocycles. The van der Waals surface area contributed by atoms with Crippen molar-refractivity contribution in [3.8, 4) is 17.2 Å². The predicted molar refractivity (Wildman–Crippen MR) is 120 cm³/mol. The largest absolute Gasteiger partial charge is 0.493 e. The van der Waals surface area contributed by atoms with E-state index in [1.165, 1.54) is 20.3 Å². The number of carbonyl (C=O) groups is 1. The summed E-state index contributed by atoms with van der Waals surface area (Å²) >= 11 is 0. The van der Waals surface area contributed by atoms with Gasteiger partial charge in [-0.3, -0.25) is 4.79 Å². The standard InChI is InChI=1S/C22H28N2O6S/c1-5-14-23-31(26,27)15-16-6-10-18(11-7-16)24-20(25)13-9-17-8-12-19(28-2)22(30-4)21(17)29-3/h5-8,10-12,23H,1,9,13-15H2,2-4H3,(H,24,25). The zero-order chi connectivity index (χ0) is 22.9. The molecule has 2 aromatic rings. The van der Waals surface area contributed by atoms with Crippen LogP contribution < -0.4 is 24.2 Å². The van der Waals surface area contributed by atoms with Crippen LogP contribution in [0.1, 0.15) is 17.5 Å². The Morgan fingerprint density at radius 2 is 1.68 bits per heavy atom. The Bertz CT molecular complexity index is 1000. The molecule has 8 nitrogen and oxygen atoms in total. The van der Waals surface area contributed by atoms with E-state index in [0.717, 1.165) is 5.56 Å². The first kappa shape index (κ1) is 24.2. The maximum Gasteiger partial charge on any atom is 0.224 e. The second-order valence-electron chi connectivity index (χ2n) is 6.63. The molecular weight excluding hydrogens is 420 g/mol. The Morgan fingerprint density at radius 3 is 2.26 bits per heavy atom. The van der Waals surface area contributed by atoms with Gasteiger partial charge in [-0.25, -0.2) is 13.1 Å². The fourth-order valence-corrected chi connectivity index (χ4v) is 4.08. The summed E-state index contributed by atoms with van der Waals surface area (Å²) in [5.41, 5.74) is 2.02. The van der Waals surface area contributed by atoms with Crippen LogP contribution in [0.4, 0.5) is 5.69 Å². The van der Waals surface area contributed by atoms with Gasteiger partial charge in [0.25, 0.3) is 0 Å². The summed E-state index contributed by atoms with van der Waals surface area (Å²) in [6.07, 6.45) is 2.15. The van der Waals surface area contributed by atoms with E-state index in [-0.39, 0.29) is 24.6 Å². The van der Waals surface area contributed by atoms with Crippen molar-refractivity contribution in [2.24, 2.45) is 0 Å². The van der Waals surface area contributed by atoms with E-state index in [0.29, 0.717) is 34.9 Å². The number of benzene rings is 2. The van der Waals surface area contributed by atoms with E-state index >= 15 is 0 Å². The highest BCUT2D eigenvalue weighted by atomic mass is 32.2. The molecule has 0 aliphatic carbocycles. The average Bonchev–Trinajstić information content (AvgIpc) is 2.76. The number of aryl methyl sites for hydroxylation is 1. The Morgan fingerprint density at radius 1 is 1.00 bits per heavy atom. The number of hydrogen-bond donors (Lipinski definition) is 2. The molecule has 0 aliphatic rings. The molecule has 2 N–H and O–H groups in total. The highest BCUT2D eigenvalue weighted by molar-refractivity contribution is 7.88. The third-order valence-electron chi connectivity index (χ3n) is 4.45. The van der Waals surface area contributed by atoms with Crippen LogP contribution in [-0.4, -0.2) is 42.2 Å². The molecule has 2 aromatic carbocycles. The Labute approximate surface area is 183 Å². The van der Waals surface area contributed by atoms with Crippen molar-refractivity contribution in [2.45, 2.75) is 18.6 Å². The van der Waals surface area contributed by atoms with Gasteiger partial charge in [0.1, 0.15) is 0 Å². The Hall–Kier alpha value is -3.04.